The topological polar surface area (TPSA) is 71.3 Å². The van der Waals surface area contributed by atoms with Gasteiger partial charge in [-0.15, -0.1) is 0 Å². The quantitative estimate of drug-likeness (QED) is 0.846. The number of hydrogen-bond acceptors (Lipinski definition) is 3. The van der Waals surface area contributed by atoms with Gasteiger partial charge in [0.05, 0.1) is 18.4 Å². The highest BCUT2D eigenvalue weighted by Gasteiger charge is 2.35. The second-order valence-electron chi connectivity index (χ2n) is 6.47. The number of carbonyl (C=O) groups excluding carboxylic acids is 2. The zero-order chi connectivity index (χ0) is 17.7. The molecule has 0 aliphatic heterocycles. The fourth-order valence-corrected chi connectivity index (χ4v) is 3.41. The summed E-state index contributed by atoms with van der Waals surface area (Å²) in [5.41, 5.74) is 1.28. The standard InChI is InChI=1S/C19H21FN2O3/c20-16-5-3-15(4-6-16)19(8-1-2-9-19)13-22-17(23)11-21-18(24)14-7-10-25-12-14/h3-7,10,12H,1-2,8-9,11,13H2,(H,21,24)(H,22,23). The molecule has 1 saturated carbocycles. The molecule has 2 amide bonds. The minimum Gasteiger partial charge on any atom is -0.472 e. The van der Waals surface area contributed by atoms with Gasteiger partial charge in [0.15, 0.2) is 0 Å². The fraction of sp³-hybridized carbons (Fsp3) is 0.368. The highest BCUT2D eigenvalue weighted by atomic mass is 19.1. The van der Waals surface area contributed by atoms with Crippen LogP contribution in [0.15, 0.2) is 47.3 Å². The van der Waals surface area contributed by atoms with Gasteiger partial charge in [-0.05, 0) is 36.6 Å². The molecule has 1 heterocycles. The Kier molecular flexibility index (Phi) is 5.16. The summed E-state index contributed by atoms with van der Waals surface area (Å²) < 4.78 is 18.0. The van der Waals surface area contributed by atoms with Gasteiger partial charge in [0.25, 0.3) is 5.91 Å². The van der Waals surface area contributed by atoms with Crippen LogP contribution in [0.25, 0.3) is 0 Å². The molecule has 25 heavy (non-hydrogen) atoms. The Morgan fingerprint density at radius 3 is 2.44 bits per heavy atom. The van der Waals surface area contributed by atoms with E-state index in [1.54, 1.807) is 12.1 Å². The molecule has 0 bridgehead atoms. The van der Waals surface area contributed by atoms with Gasteiger partial charge >= 0.3 is 0 Å². The van der Waals surface area contributed by atoms with Crippen molar-refractivity contribution in [3.8, 4) is 0 Å². The molecule has 1 aliphatic carbocycles. The Labute approximate surface area is 145 Å². The Bertz CT molecular complexity index is 720. The predicted molar refractivity (Wildman–Crippen MR) is 90.6 cm³/mol. The first-order chi connectivity index (χ1) is 12.1. The van der Waals surface area contributed by atoms with E-state index in [1.807, 2.05) is 0 Å². The monoisotopic (exact) mass is 344 g/mol. The van der Waals surface area contributed by atoms with E-state index in [1.165, 1.54) is 30.7 Å². The van der Waals surface area contributed by atoms with Gasteiger partial charge in [-0.25, -0.2) is 4.39 Å². The van der Waals surface area contributed by atoms with Gasteiger partial charge in [-0.3, -0.25) is 9.59 Å². The van der Waals surface area contributed by atoms with Gasteiger partial charge in [-0.2, -0.15) is 0 Å². The average molecular weight is 344 g/mol. The van der Waals surface area contributed by atoms with Gasteiger partial charge in [0.2, 0.25) is 5.91 Å². The van der Waals surface area contributed by atoms with Crippen LogP contribution in [0.5, 0.6) is 0 Å². The molecule has 2 N–H and O–H groups in total. The number of carbonyl (C=O) groups is 2. The van der Waals surface area contributed by atoms with Crippen molar-refractivity contribution in [3.05, 3.63) is 59.8 Å². The number of rotatable bonds is 6. The van der Waals surface area contributed by atoms with Crippen molar-refractivity contribution in [1.29, 1.82) is 0 Å². The van der Waals surface area contributed by atoms with Crippen molar-refractivity contribution >= 4 is 11.8 Å². The van der Waals surface area contributed by atoms with E-state index in [0.717, 1.165) is 31.2 Å². The van der Waals surface area contributed by atoms with Crippen LogP contribution in [0.4, 0.5) is 4.39 Å². The summed E-state index contributed by atoms with van der Waals surface area (Å²) in [5.74, 6) is -0.855. The highest BCUT2D eigenvalue weighted by Crippen LogP contribution is 2.40. The zero-order valence-corrected chi connectivity index (χ0v) is 13.9. The molecule has 132 valence electrons. The lowest BCUT2D eigenvalue weighted by atomic mass is 9.79. The lowest BCUT2D eigenvalue weighted by Gasteiger charge is -2.30. The highest BCUT2D eigenvalue weighted by molar-refractivity contribution is 5.96. The predicted octanol–water partition coefficient (Wildman–Crippen LogP) is 2.78. The van der Waals surface area contributed by atoms with E-state index in [2.05, 4.69) is 10.6 Å². The van der Waals surface area contributed by atoms with Crippen molar-refractivity contribution in [1.82, 2.24) is 10.6 Å². The molecular weight excluding hydrogens is 323 g/mol. The zero-order valence-electron chi connectivity index (χ0n) is 13.9. The largest absolute Gasteiger partial charge is 0.472 e. The molecule has 0 spiro atoms. The van der Waals surface area contributed by atoms with Crippen molar-refractivity contribution in [2.75, 3.05) is 13.1 Å². The normalized spacial score (nSPS) is 15.7. The Morgan fingerprint density at radius 1 is 1.08 bits per heavy atom. The van der Waals surface area contributed by atoms with Crippen LogP contribution in [-0.4, -0.2) is 24.9 Å². The Hall–Kier alpha value is -2.63. The maximum Gasteiger partial charge on any atom is 0.254 e. The van der Waals surface area contributed by atoms with E-state index in [4.69, 9.17) is 4.42 Å². The molecule has 0 saturated heterocycles. The number of furan rings is 1. The Balaban J connectivity index is 1.55. The maximum absolute atomic E-state index is 13.2. The van der Waals surface area contributed by atoms with Crippen LogP contribution >= 0.6 is 0 Å². The van der Waals surface area contributed by atoms with Crippen LogP contribution < -0.4 is 10.6 Å². The maximum atomic E-state index is 13.2. The van der Waals surface area contributed by atoms with Gasteiger partial charge in [0, 0.05) is 12.0 Å². The van der Waals surface area contributed by atoms with Crippen molar-refractivity contribution in [3.63, 3.8) is 0 Å². The summed E-state index contributed by atoms with van der Waals surface area (Å²) in [7, 11) is 0. The van der Waals surface area contributed by atoms with Crippen LogP contribution in [0.3, 0.4) is 0 Å². The van der Waals surface area contributed by atoms with Crippen LogP contribution in [-0.2, 0) is 10.2 Å². The molecule has 0 radical (unpaired) electrons. The molecular formula is C19H21FN2O3. The SMILES string of the molecule is O=C(CNC(=O)c1ccoc1)NCC1(c2ccc(F)cc2)CCCC1. The third kappa shape index (κ3) is 4.07. The lowest BCUT2D eigenvalue weighted by Crippen LogP contribution is -2.43. The first kappa shape index (κ1) is 17.2. The number of hydrogen-bond donors (Lipinski definition) is 2. The summed E-state index contributed by atoms with van der Waals surface area (Å²) in [5, 5.41) is 5.47. The molecule has 1 aliphatic rings. The van der Waals surface area contributed by atoms with Crippen LogP contribution in [0, 0.1) is 5.82 Å². The van der Waals surface area contributed by atoms with Crippen molar-refractivity contribution < 1.29 is 18.4 Å². The van der Waals surface area contributed by atoms with Crippen molar-refractivity contribution in [2.24, 2.45) is 0 Å². The molecule has 0 unspecified atom stereocenters. The second kappa shape index (κ2) is 7.51. The third-order valence-electron chi connectivity index (χ3n) is 4.83. The van der Waals surface area contributed by atoms with E-state index < -0.39 is 0 Å². The second-order valence-corrected chi connectivity index (χ2v) is 6.47. The number of benzene rings is 1. The van der Waals surface area contributed by atoms with Gasteiger partial charge in [-0.1, -0.05) is 25.0 Å². The first-order valence-corrected chi connectivity index (χ1v) is 8.42. The summed E-state index contributed by atoms with van der Waals surface area (Å²) in [4.78, 5) is 23.9. The fourth-order valence-electron chi connectivity index (χ4n) is 3.41. The number of amides is 2. The molecule has 0 atom stereocenters. The summed E-state index contributed by atoms with van der Waals surface area (Å²) in [6, 6.07) is 8.06. The van der Waals surface area contributed by atoms with Crippen LogP contribution in [0.1, 0.15) is 41.6 Å². The minimum absolute atomic E-state index is 0.0937. The van der Waals surface area contributed by atoms with Gasteiger partial charge in [0.1, 0.15) is 12.1 Å². The number of halogens is 1. The minimum atomic E-state index is -0.349. The smallest absolute Gasteiger partial charge is 0.254 e. The van der Waals surface area contributed by atoms with Gasteiger partial charge < -0.3 is 15.1 Å². The first-order valence-electron chi connectivity index (χ1n) is 8.42. The molecule has 6 heteroatoms. The lowest BCUT2D eigenvalue weighted by molar-refractivity contribution is -0.120. The van der Waals surface area contributed by atoms with Crippen molar-refractivity contribution in [2.45, 2.75) is 31.1 Å². The van der Waals surface area contributed by atoms with E-state index >= 15 is 0 Å². The third-order valence-corrected chi connectivity index (χ3v) is 4.83. The molecule has 2 aromatic rings. The van der Waals surface area contributed by atoms with E-state index in [-0.39, 0.29) is 29.6 Å². The summed E-state index contributed by atoms with van der Waals surface area (Å²) in [6.07, 6.45) is 6.83. The molecule has 1 fully saturated rings. The molecule has 3 rings (SSSR count). The van der Waals surface area contributed by atoms with Crippen LogP contribution in [0.2, 0.25) is 0 Å². The molecule has 5 nitrogen and oxygen atoms in total. The van der Waals surface area contributed by atoms with E-state index in [0.29, 0.717) is 12.1 Å². The molecule has 1 aromatic heterocycles. The summed E-state index contributed by atoms with van der Waals surface area (Å²) in [6.45, 7) is 0.391. The summed E-state index contributed by atoms with van der Waals surface area (Å²) >= 11 is 0. The number of nitrogens with one attached hydrogen (secondary N) is 2. The Morgan fingerprint density at radius 2 is 1.80 bits per heavy atom. The van der Waals surface area contributed by atoms with E-state index in [9.17, 15) is 14.0 Å². The molecule has 1 aromatic carbocycles. The average Bonchev–Trinajstić information content (AvgIpc) is 3.31.